The number of nitro groups is 1. The first kappa shape index (κ1) is 13.6. The summed E-state index contributed by atoms with van der Waals surface area (Å²) in [4.78, 5) is 29.5. The maximum atomic E-state index is 11.7. The standard InChI is InChI=1S/C13H12N4O3/c18-13(6-1-10-7-14-9-15-8-10)16-11-2-4-12(5-3-11)17(19)20/h2-5,7-9H,1,6H2,(H,16,18). The summed E-state index contributed by atoms with van der Waals surface area (Å²) in [6.45, 7) is 0. The molecule has 0 saturated carbocycles. The van der Waals surface area contributed by atoms with Crippen LogP contribution < -0.4 is 5.32 Å². The monoisotopic (exact) mass is 272 g/mol. The molecule has 0 saturated heterocycles. The SMILES string of the molecule is O=C(CCc1cncnc1)Nc1ccc([N+](=O)[O-])cc1. The molecule has 0 aliphatic rings. The Morgan fingerprint density at radius 3 is 2.45 bits per heavy atom. The lowest BCUT2D eigenvalue weighted by atomic mass is 10.2. The van der Waals surface area contributed by atoms with Gasteiger partial charge in [0.15, 0.2) is 0 Å². The number of hydrogen-bond donors (Lipinski definition) is 1. The second-order valence-corrected chi connectivity index (χ2v) is 4.10. The predicted molar refractivity (Wildman–Crippen MR) is 72.1 cm³/mol. The zero-order chi connectivity index (χ0) is 14.4. The molecular formula is C13H12N4O3. The van der Waals surface area contributed by atoms with Crippen LogP contribution in [0.3, 0.4) is 0 Å². The van der Waals surface area contributed by atoms with E-state index in [1.165, 1.54) is 30.6 Å². The summed E-state index contributed by atoms with van der Waals surface area (Å²) < 4.78 is 0. The molecule has 7 heteroatoms. The molecule has 1 aromatic heterocycles. The van der Waals surface area contributed by atoms with Gasteiger partial charge in [0.2, 0.25) is 5.91 Å². The van der Waals surface area contributed by atoms with Gasteiger partial charge in [0.1, 0.15) is 6.33 Å². The molecule has 0 bridgehead atoms. The van der Waals surface area contributed by atoms with Crippen LogP contribution in [0, 0.1) is 10.1 Å². The summed E-state index contributed by atoms with van der Waals surface area (Å²) >= 11 is 0. The van der Waals surface area contributed by atoms with Crippen molar-refractivity contribution in [1.82, 2.24) is 9.97 Å². The molecule has 1 amide bonds. The third-order valence-corrected chi connectivity index (χ3v) is 2.62. The molecule has 0 aliphatic carbocycles. The highest BCUT2D eigenvalue weighted by Gasteiger charge is 2.06. The Hall–Kier alpha value is -2.83. The van der Waals surface area contributed by atoms with Crippen LogP contribution in [-0.4, -0.2) is 20.8 Å². The maximum absolute atomic E-state index is 11.7. The summed E-state index contributed by atoms with van der Waals surface area (Å²) in [5, 5.41) is 13.2. The summed E-state index contributed by atoms with van der Waals surface area (Å²) in [7, 11) is 0. The van der Waals surface area contributed by atoms with Gasteiger partial charge in [0.25, 0.3) is 5.69 Å². The molecule has 1 N–H and O–H groups in total. The van der Waals surface area contributed by atoms with Gasteiger partial charge in [0, 0.05) is 36.6 Å². The molecule has 0 spiro atoms. The average Bonchev–Trinajstić information content (AvgIpc) is 2.47. The molecule has 1 aromatic carbocycles. The lowest BCUT2D eigenvalue weighted by Gasteiger charge is -2.04. The molecule has 0 fully saturated rings. The average molecular weight is 272 g/mol. The molecular weight excluding hydrogens is 260 g/mol. The number of amides is 1. The van der Waals surface area contributed by atoms with Gasteiger partial charge >= 0.3 is 0 Å². The first-order valence-corrected chi connectivity index (χ1v) is 5.93. The molecule has 1 heterocycles. The maximum Gasteiger partial charge on any atom is 0.269 e. The van der Waals surface area contributed by atoms with Gasteiger partial charge in [-0.15, -0.1) is 0 Å². The molecule has 0 atom stereocenters. The third-order valence-electron chi connectivity index (χ3n) is 2.62. The van der Waals surface area contributed by atoms with Gasteiger partial charge in [0.05, 0.1) is 4.92 Å². The highest BCUT2D eigenvalue weighted by Crippen LogP contribution is 2.15. The number of nitrogens with one attached hydrogen (secondary N) is 1. The largest absolute Gasteiger partial charge is 0.326 e. The highest BCUT2D eigenvalue weighted by atomic mass is 16.6. The minimum atomic E-state index is -0.485. The number of benzene rings is 1. The van der Waals surface area contributed by atoms with Crippen molar-refractivity contribution >= 4 is 17.3 Å². The van der Waals surface area contributed by atoms with Crippen molar-refractivity contribution in [2.75, 3.05) is 5.32 Å². The summed E-state index contributed by atoms with van der Waals surface area (Å²) in [5.41, 5.74) is 1.40. The van der Waals surface area contributed by atoms with E-state index >= 15 is 0 Å². The van der Waals surface area contributed by atoms with E-state index in [-0.39, 0.29) is 11.6 Å². The van der Waals surface area contributed by atoms with Crippen molar-refractivity contribution in [3.63, 3.8) is 0 Å². The van der Waals surface area contributed by atoms with Crippen molar-refractivity contribution in [2.45, 2.75) is 12.8 Å². The van der Waals surface area contributed by atoms with Crippen molar-refractivity contribution < 1.29 is 9.72 Å². The number of nitrogens with zero attached hydrogens (tertiary/aromatic N) is 3. The third kappa shape index (κ3) is 3.84. The normalized spacial score (nSPS) is 10.0. The van der Waals surface area contributed by atoms with Crippen molar-refractivity contribution in [2.24, 2.45) is 0 Å². The van der Waals surface area contributed by atoms with Crippen LogP contribution in [0.25, 0.3) is 0 Å². The lowest BCUT2D eigenvalue weighted by Crippen LogP contribution is -2.12. The molecule has 20 heavy (non-hydrogen) atoms. The second-order valence-electron chi connectivity index (χ2n) is 4.10. The van der Waals surface area contributed by atoms with Crippen LogP contribution in [0.5, 0.6) is 0 Å². The van der Waals surface area contributed by atoms with Crippen LogP contribution in [0.15, 0.2) is 43.0 Å². The Balaban J connectivity index is 1.86. The number of nitro benzene ring substituents is 1. The highest BCUT2D eigenvalue weighted by molar-refractivity contribution is 5.90. The van der Waals surface area contributed by atoms with Crippen LogP contribution in [0.2, 0.25) is 0 Å². The van der Waals surface area contributed by atoms with Crippen LogP contribution in [0.1, 0.15) is 12.0 Å². The van der Waals surface area contributed by atoms with Crippen LogP contribution in [-0.2, 0) is 11.2 Å². The number of anilines is 1. The van der Waals surface area contributed by atoms with Crippen molar-refractivity contribution in [1.29, 1.82) is 0 Å². The zero-order valence-electron chi connectivity index (χ0n) is 10.5. The van der Waals surface area contributed by atoms with Gasteiger partial charge in [-0.2, -0.15) is 0 Å². The van der Waals surface area contributed by atoms with Crippen molar-refractivity contribution in [3.8, 4) is 0 Å². The van der Waals surface area contributed by atoms with E-state index in [0.717, 1.165) is 5.56 Å². The summed E-state index contributed by atoms with van der Waals surface area (Å²) in [5.74, 6) is -0.164. The molecule has 2 aromatic rings. The minimum Gasteiger partial charge on any atom is -0.326 e. The van der Waals surface area contributed by atoms with E-state index in [1.54, 1.807) is 12.4 Å². The Morgan fingerprint density at radius 2 is 1.85 bits per heavy atom. The van der Waals surface area contributed by atoms with E-state index in [9.17, 15) is 14.9 Å². The first-order chi connectivity index (χ1) is 9.65. The quantitative estimate of drug-likeness (QED) is 0.662. The van der Waals surface area contributed by atoms with E-state index in [2.05, 4.69) is 15.3 Å². The number of aryl methyl sites for hydroxylation is 1. The van der Waals surface area contributed by atoms with E-state index in [0.29, 0.717) is 18.5 Å². The lowest BCUT2D eigenvalue weighted by molar-refractivity contribution is -0.384. The van der Waals surface area contributed by atoms with Crippen LogP contribution in [0.4, 0.5) is 11.4 Å². The fourth-order valence-electron chi connectivity index (χ4n) is 1.61. The topological polar surface area (TPSA) is 98.0 Å². The van der Waals surface area contributed by atoms with Gasteiger partial charge in [-0.25, -0.2) is 9.97 Å². The number of carbonyl (C=O) groups is 1. The van der Waals surface area contributed by atoms with Gasteiger partial charge in [-0.1, -0.05) is 0 Å². The number of aromatic nitrogens is 2. The van der Waals surface area contributed by atoms with Crippen molar-refractivity contribution in [3.05, 3.63) is 58.7 Å². The number of hydrogen-bond acceptors (Lipinski definition) is 5. The fourth-order valence-corrected chi connectivity index (χ4v) is 1.61. The summed E-state index contributed by atoms with van der Waals surface area (Å²) in [6.07, 6.45) is 5.59. The molecule has 102 valence electrons. The molecule has 2 rings (SSSR count). The first-order valence-electron chi connectivity index (χ1n) is 5.93. The van der Waals surface area contributed by atoms with Crippen LogP contribution >= 0.6 is 0 Å². The van der Waals surface area contributed by atoms with E-state index < -0.39 is 4.92 Å². The fraction of sp³-hybridized carbons (Fsp3) is 0.154. The second kappa shape index (κ2) is 6.37. The Labute approximate surface area is 114 Å². The number of carbonyl (C=O) groups excluding carboxylic acids is 1. The van der Waals surface area contributed by atoms with Gasteiger partial charge in [-0.05, 0) is 24.1 Å². The molecule has 0 aliphatic heterocycles. The predicted octanol–water partition coefficient (Wildman–Crippen LogP) is 1.96. The molecule has 0 unspecified atom stereocenters. The Morgan fingerprint density at radius 1 is 1.20 bits per heavy atom. The Kier molecular flexibility index (Phi) is 4.33. The number of non-ortho nitro benzene ring substituents is 1. The molecule has 7 nitrogen and oxygen atoms in total. The minimum absolute atomic E-state index is 0.00978. The molecule has 0 radical (unpaired) electrons. The number of rotatable bonds is 5. The van der Waals surface area contributed by atoms with Gasteiger partial charge in [-0.3, -0.25) is 14.9 Å². The smallest absolute Gasteiger partial charge is 0.269 e. The summed E-state index contributed by atoms with van der Waals surface area (Å²) in [6, 6.07) is 5.70. The van der Waals surface area contributed by atoms with E-state index in [1.807, 2.05) is 0 Å². The van der Waals surface area contributed by atoms with Gasteiger partial charge < -0.3 is 5.32 Å². The Bertz CT molecular complexity index is 599. The zero-order valence-corrected chi connectivity index (χ0v) is 10.5. The van der Waals surface area contributed by atoms with E-state index in [4.69, 9.17) is 0 Å².